The Hall–Kier alpha value is -3.65. The van der Waals surface area contributed by atoms with Crippen molar-refractivity contribution >= 4 is 28.3 Å². The summed E-state index contributed by atoms with van der Waals surface area (Å²) in [6, 6.07) is 12.4. The Morgan fingerprint density at radius 3 is 2.62 bits per heavy atom. The summed E-state index contributed by atoms with van der Waals surface area (Å²) in [4.78, 5) is 28.9. The predicted molar refractivity (Wildman–Crippen MR) is 122 cm³/mol. The Morgan fingerprint density at radius 2 is 1.88 bits per heavy atom. The van der Waals surface area contributed by atoms with Crippen molar-refractivity contribution in [2.75, 3.05) is 14.2 Å². The van der Waals surface area contributed by atoms with Gasteiger partial charge in [0, 0.05) is 28.0 Å². The summed E-state index contributed by atoms with van der Waals surface area (Å²) < 4.78 is 21.3. The van der Waals surface area contributed by atoms with Crippen LogP contribution in [-0.2, 0) is 17.8 Å². The van der Waals surface area contributed by atoms with E-state index in [1.54, 1.807) is 31.7 Å². The average molecular weight is 452 g/mol. The number of methoxy groups -OCH3 is 2. The van der Waals surface area contributed by atoms with Gasteiger partial charge in [0.1, 0.15) is 17.2 Å². The lowest BCUT2D eigenvalue weighted by molar-refractivity contribution is 0.0468. The molecule has 0 N–H and O–H groups in total. The van der Waals surface area contributed by atoms with Crippen molar-refractivity contribution in [1.29, 1.82) is 0 Å². The summed E-state index contributed by atoms with van der Waals surface area (Å²) in [7, 11) is 3.13. The molecule has 0 bridgehead atoms. The van der Waals surface area contributed by atoms with E-state index in [-0.39, 0.29) is 12.3 Å². The molecule has 0 atom stereocenters. The van der Waals surface area contributed by atoms with Crippen LogP contribution in [0, 0.1) is 0 Å². The van der Waals surface area contributed by atoms with Crippen molar-refractivity contribution in [2.24, 2.45) is 0 Å². The summed E-state index contributed by atoms with van der Waals surface area (Å²) >= 11 is 1.32. The number of hydrogen-bond donors (Lipinski definition) is 0. The van der Waals surface area contributed by atoms with Crippen molar-refractivity contribution in [3.8, 4) is 22.1 Å². The lowest BCUT2D eigenvalue weighted by Gasteiger charge is -2.08. The molecule has 2 aromatic carbocycles. The van der Waals surface area contributed by atoms with Crippen LogP contribution in [0.5, 0.6) is 11.5 Å². The SMILES string of the molecule is CCc1ccc2c(COC(=O)c3csc(-c4ccc(OC)c(OC)c4)n3)cc(=O)oc2c1. The molecule has 2 heterocycles. The van der Waals surface area contributed by atoms with Crippen molar-refractivity contribution in [2.45, 2.75) is 20.0 Å². The van der Waals surface area contributed by atoms with Crippen molar-refractivity contribution < 1.29 is 23.4 Å². The number of thiazole rings is 1. The predicted octanol–water partition coefficient (Wildman–Crippen LogP) is 4.85. The quantitative estimate of drug-likeness (QED) is 0.293. The second-order valence-electron chi connectivity index (χ2n) is 6.96. The molecule has 2 aromatic heterocycles. The molecule has 0 amide bonds. The first-order valence-corrected chi connectivity index (χ1v) is 10.8. The van der Waals surface area contributed by atoms with Crippen LogP contribution in [0.4, 0.5) is 0 Å². The summed E-state index contributed by atoms with van der Waals surface area (Å²) in [5.74, 6) is 0.614. The Morgan fingerprint density at radius 1 is 1.06 bits per heavy atom. The number of fused-ring (bicyclic) bond motifs is 1. The third-order valence-electron chi connectivity index (χ3n) is 5.01. The molecular weight excluding hydrogens is 430 g/mol. The van der Waals surface area contributed by atoms with Gasteiger partial charge in [-0.25, -0.2) is 14.6 Å². The highest BCUT2D eigenvalue weighted by atomic mass is 32.1. The van der Waals surface area contributed by atoms with Crippen molar-refractivity contribution in [1.82, 2.24) is 4.98 Å². The highest BCUT2D eigenvalue weighted by Gasteiger charge is 2.16. The number of aryl methyl sites for hydroxylation is 1. The maximum atomic E-state index is 12.6. The Bertz CT molecular complexity index is 1340. The molecule has 0 unspecified atom stereocenters. The highest BCUT2D eigenvalue weighted by molar-refractivity contribution is 7.13. The average Bonchev–Trinajstić information content (AvgIpc) is 3.31. The molecule has 0 aliphatic heterocycles. The van der Waals surface area contributed by atoms with E-state index in [4.69, 9.17) is 18.6 Å². The van der Waals surface area contributed by atoms with Crippen LogP contribution in [0.1, 0.15) is 28.5 Å². The zero-order valence-corrected chi connectivity index (χ0v) is 18.7. The molecule has 0 saturated heterocycles. The van der Waals surface area contributed by atoms with Gasteiger partial charge >= 0.3 is 11.6 Å². The number of rotatable bonds is 7. The highest BCUT2D eigenvalue weighted by Crippen LogP contribution is 2.33. The molecule has 0 radical (unpaired) electrons. The van der Waals surface area contributed by atoms with Crippen LogP contribution < -0.4 is 15.1 Å². The molecule has 0 saturated carbocycles. The molecule has 8 heteroatoms. The number of hydrogen-bond acceptors (Lipinski definition) is 8. The molecule has 4 rings (SSSR count). The second kappa shape index (κ2) is 9.23. The first-order valence-electron chi connectivity index (χ1n) is 9.93. The van der Waals surface area contributed by atoms with Gasteiger partial charge in [-0.15, -0.1) is 11.3 Å². The van der Waals surface area contributed by atoms with E-state index in [1.807, 2.05) is 31.2 Å². The molecule has 164 valence electrons. The summed E-state index contributed by atoms with van der Waals surface area (Å²) in [5.41, 5.74) is 2.63. The minimum Gasteiger partial charge on any atom is -0.493 e. The van der Waals surface area contributed by atoms with Crippen LogP contribution in [0.3, 0.4) is 0 Å². The second-order valence-corrected chi connectivity index (χ2v) is 7.82. The van der Waals surface area contributed by atoms with Crippen molar-refractivity contribution in [3.63, 3.8) is 0 Å². The van der Waals surface area contributed by atoms with Gasteiger partial charge in [0.25, 0.3) is 0 Å². The van der Waals surface area contributed by atoms with Gasteiger partial charge in [-0.1, -0.05) is 19.1 Å². The number of esters is 1. The number of carbonyl (C=O) groups excluding carboxylic acids is 1. The van der Waals surface area contributed by atoms with Gasteiger partial charge in [-0.3, -0.25) is 0 Å². The number of aromatic nitrogens is 1. The zero-order chi connectivity index (χ0) is 22.7. The van der Waals surface area contributed by atoms with E-state index in [1.165, 1.54) is 17.4 Å². The standard InChI is InChI=1S/C24H21NO6S/c1-4-14-5-7-17-16(11-22(26)31-20(17)9-14)12-30-24(27)18-13-32-23(25-18)15-6-8-19(28-2)21(10-15)29-3/h5-11,13H,4,12H2,1-3H3. The number of carbonyl (C=O) groups is 1. The lowest BCUT2D eigenvalue weighted by atomic mass is 10.1. The van der Waals surface area contributed by atoms with Crippen molar-refractivity contribution in [3.05, 3.63) is 75.1 Å². The lowest BCUT2D eigenvalue weighted by Crippen LogP contribution is -2.08. The molecule has 0 aliphatic carbocycles. The molecule has 0 aliphatic rings. The Labute approximate surface area is 188 Å². The van der Waals surface area contributed by atoms with Crippen LogP contribution in [-0.4, -0.2) is 25.2 Å². The summed E-state index contributed by atoms with van der Waals surface area (Å²) in [6.45, 7) is 1.96. The van der Waals surface area contributed by atoms with E-state index < -0.39 is 11.6 Å². The topological polar surface area (TPSA) is 87.9 Å². The van der Waals surface area contributed by atoms with E-state index in [9.17, 15) is 9.59 Å². The van der Waals surface area contributed by atoms with Gasteiger partial charge in [-0.2, -0.15) is 0 Å². The molecule has 0 fully saturated rings. The molecule has 4 aromatic rings. The van der Waals surface area contributed by atoms with Crippen LogP contribution in [0.25, 0.3) is 21.5 Å². The van der Waals surface area contributed by atoms with Gasteiger partial charge in [-0.05, 0) is 36.2 Å². The van der Waals surface area contributed by atoms with E-state index >= 15 is 0 Å². The van der Waals surface area contributed by atoms with E-state index in [2.05, 4.69) is 4.98 Å². The monoisotopic (exact) mass is 451 g/mol. The summed E-state index contributed by atoms with van der Waals surface area (Å²) in [5, 5.41) is 3.02. The number of nitrogens with zero attached hydrogens (tertiary/aromatic N) is 1. The maximum Gasteiger partial charge on any atom is 0.358 e. The molecular formula is C24H21NO6S. The fourth-order valence-corrected chi connectivity index (χ4v) is 4.09. The minimum absolute atomic E-state index is 0.0599. The van der Waals surface area contributed by atoms with Gasteiger partial charge in [0.05, 0.1) is 14.2 Å². The van der Waals surface area contributed by atoms with Gasteiger partial charge < -0.3 is 18.6 Å². The normalized spacial score (nSPS) is 10.8. The zero-order valence-electron chi connectivity index (χ0n) is 17.8. The fourth-order valence-electron chi connectivity index (χ4n) is 3.30. The van der Waals surface area contributed by atoms with Gasteiger partial charge in [0.15, 0.2) is 17.2 Å². The van der Waals surface area contributed by atoms with Crippen LogP contribution in [0.2, 0.25) is 0 Å². The number of ether oxygens (including phenoxy) is 3. The minimum atomic E-state index is -0.570. The first-order chi connectivity index (χ1) is 15.5. The molecule has 0 spiro atoms. The third kappa shape index (κ3) is 4.36. The smallest absolute Gasteiger partial charge is 0.358 e. The Kier molecular flexibility index (Phi) is 6.23. The fraction of sp³-hybridized carbons (Fsp3) is 0.208. The number of benzene rings is 2. The third-order valence-corrected chi connectivity index (χ3v) is 5.90. The maximum absolute atomic E-state index is 12.6. The van der Waals surface area contributed by atoms with Crippen LogP contribution >= 0.6 is 11.3 Å². The van der Waals surface area contributed by atoms with E-state index in [0.717, 1.165) is 22.9 Å². The van der Waals surface area contributed by atoms with E-state index in [0.29, 0.717) is 27.7 Å². The Balaban J connectivity index is 1.53. The van der Waals surface area contributed by atoms with Crippen LogP contribution in [0.15, 0.2) is 57.1 Å². The summed E-state index contributed by atoms with van der Waals surface area (Å²) in [6.07, 6.45) is 0.824. The molecule has 7 nitrogen and oxygen atoms in total. The molecule has 32 heavy (non-hydrogen) atoms. The van der Waals surface area contributed by atoms with Gasteiger partial charge in [0.2, 0.25) is 0 Å². The first kappa shape index (κ1) is 21.6. The largest absolute Gasteiger partial charge is 0.493 e.